The van der Waals surface area contributed by atoms with Gasteiger partial charge in [-0.25, -0.2) is 4.39 Å². The lowest BCUT2D eigenvalue weighted by molar-refractivity contribution is -0.128. The SMILES string of the molecule is COC1(C)CCCCCC1OCc1ccccc1F. The fourth-order valence-electron chi connectivity index (χ4n) is 2.75. The first-order valence-corrected chi connectivity index (χ1v) is 7.06. The summed E-state index contributed by atoms with van der Waals surface area (Å²) in [7, 11) is 1.74. The van der Waals surface area contributed by atoms with Crippen LogP contribution in [0.5, 0.6) is 0 Å². The second kappa shape index (κ2) is 6.49. The molecule has 1 aliphatic carbocycles. The summed E-state index contributed by atoms with van der Waals surface area (Å²) in [4.78, 5) is 0. The van der Waals surface area contributed by atoms with Crippen LogP contribution in [0.15, 0.2) is 24.3 Å². The van der Waals surface area contributed by atoms with Gasteiger partial charge in [0.05, 0.1) is 18.3 Å². The molecule has 2 atom stereocenters. The Morgan fingerprint density at radius 2 is 2.05 bits per heavy atom. The van der Waals surface area contributed by atoms with Crippen LogP contribution in [-0.4, -0.2) is 18.8 Å². The average Bonchev–Trinajstić information content (AvgIpc) is 2.61. The van der Waals surface area contributed by atoms with Gasteiger partial charge in [-0.2, -0.15) is 0 Å². The zero-order valence-corrected chi connectivity index (χ0v) is 11.8. The van der Waals surface area contributed by atoms with E-state index in [-0.39, 0.29) is 17.5 Å². The quantitative estimate of drug-likeness (QED) is 0.764. The number of hydrogen-bond acceptors (Lipinski definition) is 2. The smallest absolute Gasteiger partial charge is 0.128 e. The fourth-order valence-corrected chi connectivity index (χ4v) is 2.75. The van der Waals surface area contributed by atoms with Gasteiger partial charge in [0.25, 0.3) is 0 Å². The van der Waals surface area contributed by atoms with Crippen molar-refractivity contribution < 1.29 is 13.9 Å². The molecule has 0 amide bonds. The number of hydrogen-bond donors (Lipinski definition) is 0. The Kier molecular flexibility index (Phi) is 4.94. The number of rotatable bonds is 4. The molecule has 2 unspecified atom stereocenters. The molecule has 0 radical (unpaired) electrons. The third-order valence-corrected chi connectivity index (χ3v) is 4.18. The lowest BCUT2D eigenvalue weighted by atomic mass is 9.93. The molecule has 3 heteroatoms. The second-order valence-corrected chi connectivity index (χ2v) is 5.51. The number of benzene rings is 1. The maximum atomic E-state index is 13.6. The van der Waals surface area contributed by atoms with E-state index < -0.39 is 0 Å². The normalized spacial score (nSPS) is 28.1. The number of methoxy groups -OCH3 is 1. The fraction of sp³-hybridized carbons (Fsp3) is 0.625. The first-order chi connectivity index (χ1) is 9.15. The van der Waals surface area contributed by atoms with Gasteiger partial charge in [0.1, 0.15) is 5.82 Å². The Morgan fingerprint density at radius 3 is 2.79 bits per heavy atom. The maximum Gasteiger partial charge on any atom is 0.128 e. The summed E-state index contributed by atoms with van der Waals surface area (Å²) in [6, 6.07) is 6.78. The summed E-state index contributed by atoms with van der Waals surface area (Å²) in [5.41, 5.74) is 0.368. The van der Waals surface area contributed by atoms with Crippen LogP contribution >= 0.6 is 0 Å². The Morgan fingerprint density at radius 1 is 1.26 bits per heavy atom. The summed E-state index contributed by atoms with van der Waals surface area (Å²) < 4.78 is 25.2. The third-order valence-electron chi connectivity index (χ3n) is 4.18. The molecule has 0 N–H and O–H groups in total. The molecule has 106 valence electrons. The molecule has 0 spiro atoms. The molecule has 0 heterocycles. The van der Waals surface area contributed by atoms with Crippen molar-refractivity contribution in [2.24, 2.45) is 0 Å². The molecule has 2 rings (SSSR count). The first-order valence-electron chi connectivity index (χ1n) is 7.06. The van der Waals surface area contributed by atoms with Crippen molar-refractivity contribution in [1.82, 2.24) is 0 Å². The second-order valence-electron chi connectivity index (χ2n) is 5.51. The summed E-state index contributed by atoms with van der Waals surface area (Å²) in [5.74, 6) is -0.199. The lowest BCUT2D eigenvalue weighted by Crippen LogP contribution is -2.42. The monoisotopic (exact) mass is 266 g/mol. The maximum absolute atomic E-state index is 13.6. The van der Waals surface area contributed by atoms with Gasteiger partial charge in [-0.1, -0.05) is 37.5 Å². The highest BCUT2D eigenvalue weighted by Gasteiger charge is 2.36. The van der Waals surface area contributed by atoms with Gasteiger partial charge in [-0.05, 0) is 25.8 Å². The molecule has 1 aliphatic rings. The van der Waals surface area contributed by atoms with Crippen molar-refractivity contribution in [3.63, 3.8) is 0 Å². The molecule has 1 saturated carbocycles. The van der Waals surface area contributed by atoms with E-state index in [2.05, 4.69) is 6.92 Å². The van der Waals surface area contributed by atoms with Gasteiger partial charge in [-0.15, -0.1) is 0 Å². The largest absolute Gasteiger partial charge is 0.376 e. The lowest BCUT2D eigenvalue weighted by Gasteiger charge is -2.35. The minimum Gasteiger partial charge on any atom is -0.376 e. The molecule has 1 fully saturated rings. The topological polar surface area (TPSA) is 18.5 Å². The van der Waals surface area contributed by atoms with E-state index in [9.17, 15) is 4.39 Å². The van der Waals surface area contributed by atoms with Crippen LogP contribution in [0.3, 0.4) is 0 Å². The van der Waals surface area contributed by atoms with Crippen molar-refractivity contribution in [3.8, 4) is 0 Å². The molecule has 0 aromatic heterocycles. The van der Waals surface area contributed by atoms with Crippen molar-refractivity contribution in [1.29, 1.82) is 0 Å². The molecular formula is C16H23FO2. The Hall–Kier alpha value is -0.930. The number of ether oxygens (including phenoxy) is 2. The highest BCUT2D eigenvalue weighted by molar-refractivity contribution is 5.16. The highest BCUT2D eigenvalue weighted by Crippen LogP contribution is 2.32. The van der Waals surface area contributed by atoms with E-state index in [4.69, 9.17) is 9.47 Å². The summed E-state index contributed by atoms with van der Waals surface area (Å²) in [6.45, 7) is 2.42. The van der Waals surface area contributed by atoms with Crippen LogP contribution in [-0.2, 0) is 16.1 Å². The van der Waals surface area contributed by atoms with Crippen LogP contribution in [0, 0.1) is 5.82 Å². The predicted molar refractivity (Wildman–Crippen MR) is 73.5 cm³/mol. The van der Waals surface area contributed by atoms with E-state index in [0.717, 1.165) is 19.3 Å². The van der Waals surface area contributed by atoms with E-state index in [1.807, 2.05) is 6.07 Å². The minimum atomic E-state index is -0.248. The van der Waals surface area contributed by atoms with E-state index in [1.54, 1.807) is 19.2 Å². The van der Waals surface area contributed by atoms with Crippen LogP contribution < -0.4 is 0 Å². The first kappa shape index (κ1) is 14.5. The predicted octanol–water partition coefficient (Wildman–Crippen LogP) is 4.08. The molecule has 0 saturated heterocycles. The van der Waals surface area contributed by atoms with Gasteiger partial charge in [0, 0.05) is 12.7 Å². The van der Waals surface area contributed by atoms with Crippen LogP contribution in [0.2, 0.25) is 0 Å². The molecular weight excluding hydrogens is 243 g/mol. The average molecular weight is 266 g/mol. The van der Waals surface area contributed by atoms with Crippen molar-refractivity contribution in [3.05, 3.63) is 35.6 Å². The molecule has 19 heavy (non-hydrogen) atoms. The van der Waals surface area contributed by atoms with Crippen molar-refractivity contribution in [2.75, 3.05) is 7.11 Å². The minimum absolute atomic E-state index is 0.0413. The standard InChI is InChI=1S/C16H23FO2/c1-16(18-2)11-7-3-4-10-15(16)19-12-13-8-5-6-9-14(13)17/h5-6,8-9,15H,3-4,7,10-12H2,1-2H3. The van der Waals surface area contributed by atoms with Gasteiger partial charge in [0.15, 0.2) is 0 Å². The van der Waals surface area contributed by atoms with E-state index in [0.29, 0.717) is 12.2 Å². The summed E-state index contributed by atoms with van der Waals surface area (Å²) in [6.07, 6.45) is 5.58. The third kappa shape index (κ3) is 3.54. The summed E-state index contributed by atoms with van der Waals surface area (Å²) in [5, 5.41) is 0. The van der Waals surface area contributed by atoms with Crippen molar-refractivity contribution >= 4 is 0 Å². The van der Waals surface area contributed by atoms with Crippen LogP contribution in [0.4, 0.5) is 4.39 Å². The zero-order valence-electron chi connectivity index (χ0n) is 11.8. The van der Waals surface area contributed by atoms with Crippen LogP contribution in [0.25, 0.3) is 0 Å². The van der Waals surface area contributed by atoms with E-state index >= 15 is 0 Å². The molecule has 2 nitrogen and oxygen atoms in total. The Labute approximate surface area is 114 Å². The van der Waals surface area contributed by atoms with E-state index in [1.165, 1.54) is 18.9 Å². The zero-order chi connectivity index (χ0) is 13.7. The van der Waals surface area contributed by atoms with Gasteiger partial charge in [-0.3, -0.25) is 0 Å². The van der Waals surface area contributed by atoms with Gasteiger partial charge < -0.3 is 9.47 Å². The van der Waals surface area contributed by atoms with Crippen LogP contribution in [0.1, 0.15) is 44.6 Å². The molecule has 0 bridgehead atoms. The van der Waals surface area contributed by atoms with Crippen molar-refractivity contribution in [2.45, 2.75) is 57.3 Å². The summed E-state index contributed by atoms with van der Waals surface area (Å²) >= 11 is 0. The molecule has 1 aromatic rings. The van der Waals surface area contributed by atoms with Gasteiger partial charge >= 0.3 is 0 Å². The Balaban J connectivity index is 2.02. The van der Waals surface area contributed by atoms with Gasteiger partial charge in [0.2, 0.25) is 0 Å². The highest BCUT2D eigenvalue weighted by atomic mass is 19.1. The molecule has 1 aromatic carbocycles. The Bertz CT molecular complexity index is 407. The number of halogens is 1. The molecule has 0 aliphatic heterocycles.